The van der Waals surface area contributed by atoms with Gasteiger partial charge in [0.05, 0.1) is 6.61 Å². The van der Waals surface area contributed by atoms with E-state index in [0.717, 1.165) is 0 Å². The molecule has 1 N–H and O–H groups in total. The number of benzene rings is 2. The molecule has 0 bridgehead atoms. The molecule has 2 aromatic carbocycles. The minimum Gasteiger partial charge on any atom is -0.365 e. The van der Waals surface area contributed by atoms with E-state index < -0.39 is 6.29 Å². The molecule has 3 nitrogen and oxygen atoms in total. The van der Waals surface area contributed by atoms with Gasteiger partial charge >= 0.3 is 0 Å². The lowest BCUT2D eigenvalue weighted by molar-refractivity contribution is -0.0657. The number of hydrogen-bond acceptors (Lipinski definition) is 2. The van der Waals surface area contributed by atoms with Crippen LogP contribution < -0.4 is 0 Å². The van der Waals surface area contributed by atoms with Crippen LogP contribution in [-0.4, -0.2) is 22.6 Å². The van der Waals surface area contributed by atoms with Crippen molar-refractivity contribution in [2.24, 2.45) is 0 Å². The molecule has 0 aliphatic rings. The van der Waals surface area contributed by atoms with Crippen molar-refractivity contribution in [1.82, 2.24) is 4.57 Å². The van der Waals surface area contributed by atoms with E-state index in [0.29, 0.717) is 13.2 Å². The Labute approximate surface area is 130 Å². The number of nitrogens with zero attached hydrogens (tertiary/aromatic N) is 1. The van der Waals surface area contributed by atoms with Gasteiger partial charge in [-0.1, -0.05) is 29.8 Å². The second-order valence-corrected chi connectivity index (χ2v) is 5.69. The Balaban J connectivity index is 2.08. The van der Waals surface area contributed by atoms with E-state index in [1.165, 1.54) is 39.0 Å². The summed E-state index contributed by atoms with van der Waals surface area (Å²) in [6, 6.07) is 13.0. The average molecular weight is 295 g/mol. The van der Waals surface area contributed by atoms with Crippen molar-refractivity contribution in [3.05, 3.63) is 60.2 Å². The lowest BCUT2D eigenvalue weighted by atomic mass is 10.1. The Kier molecular flexibility index (Phi) is 4.01. The highest BCUT2D eigenvalue weighted by atomic mass is 16.6. The van der Waals surface area contributed by atoms with Gasteiger partial charge in [-0.3, -0.25) is 0 Å². The van der Waals surface area contributed by atoms with Crippen molar-refractivity contribution in [3.8, 4) is 0 Å². The van der Waals surface area contributed by atoms with Gasteiger partial charge in [0.1, 0.15) is 0 Å². The number of aliphatic hydroxyl groups is 1. The second-order valence-electron chi connectivity index (χ2n) is 5.69. The maximum Gasteiger partial charge on any atom is 0.173 e. The van der Waals surface area contributed by atoms with E-state index in [1.54, 1.807) is 0 Å². The van der Waals surface area contributed by atoms with Gasteiger partial charge < -0.3 is 14.4 Å². The van der Waals surface area contributed by atoms with Gasteiger partial charge in [0.2, 0.25) is 0 Å². The number of hydrogen-bond donors (Lipinski definition) is 1. The summed E-state index contributed by atoms with van der Waals surface area (Å²) < 4.78 is 7.58. The van der Waals surface area contributed by atoms with E-state index >= 15 is 0 Å². The molecule has 1 unspecified atom stereocenters. The zero-order valence-electron chi connectivity index (χ0n) is 13.0. The number of fused-ring (bicyclic) bond motifs is 3. The number of aromatic nitrogens is 1. The van der Waals surface area contributed by atoms with E-state index in [2.05, 4.69) is 61.4 Å². The van der Waals surface area contributed by atoms with E-state index in [4.69, 9.17) is 4.74 Å². The minimum atomic E-state index is -0.905. The van der Waals surface area contributed by atoms with Crippen molar-refractivity contribution in [3.63, 3.8) is 0 Å². The van der Waals surface area contributed by atoms with Gasteiger partial charge in [0.25, 0.3) is 0 Å². The molecule has 3 heteroatoms. The zero-order chi connectivity index (χ0) is 15.7. The van der Waals surface area contributed by atoms with Crippen LogP contribution in [0.2, 0.25) is 0 Å². The van der Waals surface area contributed by atoms with Gasteiger partial charge in [-0.2, -0.15) is 0 Å². The van der Waals surface area contributed by atoms with Gasteiger partial charge in [-0.15, -0.1) is 0 Å². The Morgan fingerprint density at radius 3 is 2.14 bits per heavy atom. The van der Waals surface area contributed by atoms with Crippen LogP contribution in [0.5, 0.6) is 0 Å². The highest BCUT2D eigenvalue weighted by Gasteiger charge is 2.11. The summed E-state index contributed by atoms with van der Waals surface area (Å²) in [4.78, 5) is 0. The predicted molar refractivity (Wildman–Crippen MR) is 91.1 cm³/mol. The fourth-order valence-electron chi connectivity index (χ4n) is 2.91. The van der Waals surface area contributed by atoms with Crippen LogP contribution in [0, 0.1) is 13.8 Å². The standard InChI is InChI=1S/C19H21NO2/c1-4-19(21)22-10-9-20-17-7-5-13(2)11-15(17)16-12-14(3)6-8-18(16)20/h4-8,11-12,19,21H,1,9-10H2,2-3H3. The van der Waals surface area contributed by atoms with Crippen molar-refractivity contribution >= 4 is 21.8 Å². The highest BCUT2D eigenvalue weighted by Crippen LogP contribution is 2.30. The fraction of sp³-hybridized carbons (Fsp3) is 0.263. The molecule has 22 heavy (non-hydrogen) atoms. The molecule has 0 fully saturated rings. The van der Waals surface area contributed by atoms with Crippen LogP contribution in [0.25, 0.3) is 21.8 Å². The molecule has 0 aliphatic heterocycles. The molecule has 0 saturated carbocycles. The van der Waals surface area contributed by atoms with Crippen LogP contribution in [0.15, 0.2) is 49.1 Å². The summed E-state index contributed by atoms with van der Waals surface area (Å²) in [6.45, 7) is 8.87. The first-order chi connectivity index (χ1) is 10.6. The van der Waals surface area contributed by atoms with Crippen molar-refractivity contribution in [2.75, 3.05) is 6.61 Å². The number of aryl methyl sites for hydroxylation is 2. The van der Waals surface area contributed by atoms with Gasteiger partial charge in [0.15, 0.2) is 6.29 Å². The van der Waals surface area contributed by atoms with Crippen molar-refractivity contribution < 1.29 is 9.84 Å². The maximum atomic E-state index is 9.44. The van der Waals surface area contributed by atoms with Crippen molar-refractivity contribution in [2.45, 2.75) is 26.7 Å². The molecule has 1 aromatic heterocycles. The predicted octanol–water partition coefficient (Wildman–Crippen LogP) is 3.93. The summed E-state index contributed by atoms with van der Waals surface area (Å²) in [7, 11) is 0. The van der Waals surface area contributed by atoms with Gasteiger partial charge in [-0.05, 0) is 44.2 Å². The Hall–Kier alpha value is -2.10. The summed E-state index contributed by atoms with van der Waals surface area (Å²) in [6.07, 6.45) is 0.482. The first-order valence-electron chi connectivity index (χ1n) is 7.51. The molecule has 1 heterocycles. The summed E-state index contributed by atoms with van der Waals surface area (Å²) in [5, 5.41) is 12.0. The molecule has 0 spiro atoms. The molecule has 0 saturated heterocycles. The highest BCUT2D eigenvalue weighted by molar-refractivity contribution is 6.08. The lowest BCUT2D eigenvalue weighted by Crippen LogP contribution is -2.13. The summed E-state index contributed by atoms with van der Waals surface area (Å²) >= 11 is 0. The molecule has 1 atom stereocenters. The molecule has 3 rings (SSSR count). The van der Waals surface area contributed by atoms with Crippen LogP contribution >= 0.6 is 0 Å². The van der Waals surface area contributed by atoms with Crippen LogP contribution in [0.4, 0.5) is 0 Å². The van der Waals surface area contributed by atoms with Crippen LogP contribution in [0.3, 0.4) is 0 Å². The van der Waals surface area contributed by atoms with Crippen LogP contribution in [-0.2, 0) is 11.3 Å². The number of aliphatic hydroxyl groups excluding tert-OH is 1. The van der Waals surface area contributed by atoms with Crippen molar-refractivity contribution in [1.29, 1.82) is 0 Å². The largest absolute Gasteiger partial charge is 0.365 e. The normalized spacial score (nSPS) is 12.9. The third-order valence-electron chi connectivity index (χ3n) is 3.98. The minimum absolute atomic E-state index is 0.438. The molecular formula is C19H21NO2. The molecule has 114 valence electrons. The molecular weight excluding hydrogens is 274 g/mol. The third kappa shape index (κ3) is 2.65. The quantitative estimate of drug-likeness (QED) is 0.571. The smallest absolute Gasteiger partial charge is 0.173 e. The first-order valence-corrected chi connectivity index (χ1v) is 7.51. The SMILES string of the molecule is C=CC(O)OCCn1c2ccc(C)cc2c2cc(C)ccc21. The van der Waals surface area contributed by atoms with E-state index in [-0.39, 0.29) is 0 Å². The summed E-state index contributed by atoms with van der Waals surface area (Å²) in [5.74, 6) is 0. The molecule has 0 radical (unpaired) electrons. The molecule has 0 aliphatic carbocycles. The third-order valence-corrected chi connectivity index (χ3v) is 3.98. The zero-order valence-corrected chi connectivity index (χ0v) is 13.0. The number of rotatable bonds is 5. The average Bonchev–Trinajstić information content (AvgIpc) is 2.80. The molecule has 0 amide bonds. The maximum absolute atomic E-state index is 9.44. The Morgan fingerprint density at radius 1 is 1.09 bits per heavy atom. The second kappa shape index (κ2) is 5.95. The Morgan fingerprint density at radius 2 is 1.64 bits per heavy atom. The van der Waals surface area contributed by atoms with Crippen LogP contribution in [0.1, 0.15) is 11.1 Å². The topological polar surface area (TPSA) is 34.4 Å². The first kappa shape index (κ1) is 14.8. The summed E-state index contributed by atoms with van der Waals surface area (Å²) in [5.41, 5.74) is 4.91. The van der Waals surface area contributed by atoms with Gasteiger partial charge in [-0.25, -0.2) is 0 Å². The molecule has 3 aromatic rings. The fourth-order valence-corrected chi connectivity index (χ4v) is 2.91. The lowest BCUT2D eigenvalue weighted by Gasteiger charge is -2.10. The van der Waals surface area contributed by atoms with E-state index in [9.17, 15) is 5.11 Å². The Bertz CT molecular complexity index is 773. The van der Waals surface area contributed by atoms with Gasteiger partial charge in [0, 0.05) is 28.4 Å². The monoisotopic (exact) mass is 295 g/mol. The number of ether oxygens (including phenoxy) is 1. The van der Waals surface area contributed by atoms with E-state index in [1.807, 2.05) is 0 Å².